The first kappa shape index (κ1) is 21.8. The molecule has 1 aliphatic rings. The third-order valence-electron chi connectivity index (χ3n) is 4.66. The first-order valence-corrected chi connectivity index (χ1v) is 10.3. The van der Waals surface area contributed by atoms with Crippen LogP contribution in [-0.2, 0) is 4.74 Å². The second-order valence-electron chi connectivity index (χ2n) is 8.32. The number of hydrogen-bond acceptors (Lipinski definition) is 6. The van der Waals surface area contributed by atoms with E-state index in [2.05, 4.69) is 9.97 Å². The molecule has 4 rings (SSSR count). The Kier molecular flexibility index (Phi) is 5.64. The molecular formula is C23H22ClFN4O3. The Morgan fingerprint density at radius 1 is 1.22 bits per heavy atom. The third-order valence-corrected chi connectivity index (χ3v) is 4.90. The van der Waals surface area contributed by atoms with Gasteiger partial charge in [-0.3, -0.25) is 9.88 Å². The van der Waals surface area contributed by atoms with Crippen LogP contribution in [0.25, 0.3) is 22.4 Å². The van der Waals surface area contributed by atoms with Crippen molar-refractivity contribution < 1.29 is 18.7 Å². The molecule has 166 valence electrons. The SMILES string of the molecule is CC(C)(C)OC(=O)N1CCOc2c(-c3cncc(N)c3)cc(-c3cc(Cl)ccc3F)nc21. The van der Waals surface area contributed by atoms with E-state index in [1.807, 2.05) is 0 Å². The number of nitrogens with zero attached hydrogens (tertiary/aromatic N) is 3. The number of halogens is 2. The summed E-state index contributed by atoms with van der Waals surface area (Å²) in [5, 5.41) is 0.355. The molecule has 0 radical (unpaired) electrons. The number of carbonyl (C=O) groups is 1. The molecule has 0 saturated carbocycles. The van der Waals surface area contributed by atoms with Gasteiger partial charge < -0.3 is 15.2 Å². The van der Waals surface area contributed by atoms with E-state index in [-0.39, 0.29) is 30.2 Å². The Hall–Kier alpha value is -3.39. The fraction of sp³-hybridized carbons (Fsp3) is 0.261. The minimum atomic E-state index is -0.702. The van der Waals surface area contributed by atoms with Crippen LogP contribution >= 0.6 is 11.6 Å². The zero-order chi connectivity index (χ0) is 23.0. The van der Waals surface area contributed by atoms with E-state index >= 15 is 0 Å². The van der Waals surface area contributed by atoms with Gasteiger partial charge in [-0.2, -0.15) is 0 Å². The van der Waals surface area contributed by atoms with Gasteiger partial charge in [0.15, 0.2) is 11.6 Å². The van der Waals surface area contributed by atoms with Gasteiger partial charge in [0.05, 0.1) is 17.9 Å². The summed E-state index contributed by atoms with van der Waals surface area (Å²) in [6, 6.07) is 7.59. The largest absolute Gasteiger partial charge is 0.487 e. The van der Waals surface area contributed by atoms with E-state index in [1.165, 1.54) is 29.3 Å². The number of anilines is 2. The second-order valence-corrected chi connectivity index (χ2v) is 8.76. The lowest BCUT2D eigenvalue weighted by atomic mass is 10.0. The first-order valence-electron chi connectivity index (χ1n) is 9.97. The Bertz CT molecular complexity index is 1200. The number of rotatable bonds is 2. The van der Waals surface area contributed by atoms with Crippen molar-refractivity contribution in [3.63, 3.8) is 0 Å². The lowest BCUT2D eigenvalue weighted by Gasteiger charge is -2.32. The van der Waals surface area contributed by atoms with Gasteiger partial charge in [-0.15, -0.1) is 0 Å². The molecule has 2 aromatic heterocycles. The topological polar surface area (TPSA) is 90.6 Å². The van der Waals surface area contributed by atoms with Crippen LogP contribution < -0.4 is 15.4 Å². The van der Waals surface area contributed by atoms with E-state index in [1.54, 1.807) is 39.1 Å². The zero-order valence-corrected chi connectivity index (χ0v) is 18.6. The quantitative estimate of drug-likeness (QED) is 0.561. The summed E-state index contributed by atoms with van der Waals surface area (Å²) < 4.78 is 26.2. The van der Waals surface area contributed by atoms with Crippen molar-refractivity contribution in [1.82, 2.24) is 9.97 Å². The van der Waals surface area contributed by atoms with Crippen LogP contribution in [0.4, 0.5) is 20.7 Å². The standard InChI is InChI=1S/C23H22ClFN4O3/c1-23(2,3)32-22(30)29-6-7-31-20-16(13-8-15(26)12-27-11-13)10-19(28-21(20)29)17-9-14(24)4-5-18(17)25/h4-5,8-12H,6-7,26H2,1-3H3. The van der Waals surface area contributed by atoms with E-state index in [0.717, 1.165) is 0 Å². The lowest BCUT2D eigenvalue weighted by molar-refractivity contribution is 0.0566. The molecule has 3 heterocycles. The van der Waals surface area contributed by atoms with E-state index < -0.39 is 17.5 Å². The molecule has 32 heavy (non-hydrogen) atoms. The fourth-order valence-electron chi connectivity index (χ4n) is 3.34. The molecule has 0 unspecified atom stereocenters. The van der Waals surface area contributed by atoms with Crippen molar-refractivity contribution >= 4 is 29.2 Å². The van der Waals surface area contributed by atoms with Gasteiger partial charge in [-0.25, -0.2) is 14.2 Å². The van der Waals surface area contributed by atoms with Crippen molar-refractivity contribution in [2.24, 2.45) is 0 Å². The summed E-state index contributed by atoms with van der Waals surface area (Å²) in [5.41, 5.74) is 7.35. The molecule has 0 saturated heterocycles. The summed E-state index contributed by atoms with van der Waals surface area (Å²) in [6.07, 6.45) is 2.55. The van der Waals surface area contributed by atoms with Crippen molar-refractivity contribution in [3.05, 3.63) is 53.6 Å². The molecule has 0 spiro atoms. The van der Waals surface area contributed by atoms with Gasteiger partial charge in [0.2, 0.25) is 0 Å². The molecule has 0 aliphatic carbocycles. The summed E-state index contributed by atoms with van der Waals surface area (Å²) in [4.78, 5) is 23.0. The summed E-state index contributed by atoms with van der Waals surface area (Å²) in [5.74, 6) is 0.0829. The molecule has 2 N–H and O–H groups in total. The number of benzene rings is 1. The molecule has 1 amide bonds. The number of hydrogen-bond donors (Lipinski definition) is 1. The highest BCUT2D eigenvalue weighted by Crippen LogP contribution is 2.43. The van der Waals surface area contributed by atoms with Crippen LogP contribution in [0, 0.1) is 5.82 Å². The number of ether oxygens (including phenoxy) is 2. The molecule has 1 aliphatic heterocycles. The normalized spacial score (nSPS) is 13.3. The van der Waals surface area contributed by atoms with Crippen LogP contribution in [0.2, 0.25) is 5.02 Å². The Morgan fingerprint density at radius 3 is 2.72 bits per heavy atom. The van der Waals surface area contributed by atoms with Gasteiger partial charge in [-0.1, -0.05) is 11.6 Å². The molecule has 7 nitrogen and oxygen atoms in total. The van der Waals surface area contributed by atoms with Crippen LogP contribution in [0.15, 0.2) is 42.7 Å². The minimum absolute atomic E-state index is 0.188. The van der Waals surface area contributed by atoms with Crippen molar-refractivity contribution in [3.8, 4) is 28.1 Å². The van der Waals surface area contributed by atoms with Crippen LogP contribution in [-0.4, -0.2) is 34.8 Å². The molecule has 0 atom stereocenters. The lowest BCUT2D eigenvalue weighted by Crippen LogP contribution is -2.42. The highest BCUT2D eigenvalue weighted by Gasteiger charge is 2.32. The third kappa shape index (κ3) is 4.45. The van der Waals surface area contributed by atoms with Crippen molar-refractivity contribution in [2.75, 3.05) is 23.8 Å². The number of carbonyl (C=O) groups excluding carboxylic acids is 1. The predicted octanol–water partition coefficient (Wildman–Crippen LogP) is 5.32. The Morgan fingerprint density at radius 2 is 2.00 bits per heavy atom. The van der Waals surface area contributed by atoms with Crippen LogP contribution in [0.5, 0.6) is 5.75 Å². The van der Waals surface area contributed by atoms with E-state index in [0.29, 0.717) is 27.6 Å². The molecule has 0 fully saturated rings. The highest BCUT2D eigenvalue weighted by atomic mass is 35.5. The van der Waals surface area contributed by atoms with Gasteiger partial charge in [-0.05, 0) is 51.1 Å². The average molecular weight is 457 g/mol. The van der Waals surface area contributed by atoms with E-state index in [4.69, 9.17) is 26.8 Å². The summed E-state index contributed by atoms with van der Waals surface area (Å²) in [6.45, 7) is 5.80. The molecule has 1 aromatic carbocycles. The average Bonchev–Trinajstić information content (AvgIpc) is 2.73. The maximum atomic E-state index is 14.7. The number of fused-ring (bicyclic) bond motifs is 1. The van der Waals surface area contributed by atoms with Crippen LogP contribution in [0.1, 0.15) is 20.8 Å². The van der Waals surface area contributed by atoms with Crippen molar-refractivity contribution in [1.29, 1.82) is 0 Å². The van der Waals surface area contributed by atoms with Crippen LogP contribution in [0.3, 0.4) is 0 Å². The monoisotopic (exact) mass is 456 g/mol. The Labute approximate surface area is 189 Å². The Balaban J connectivity index is 1.94. The maximum Gasteiger partial charge on any atom is 0.416 e. The predicted molar refractivity (Wildman–Crippen MR) is 121 cm³/mol. The molecule has 3 aromatic rings. The fourth-order valence-corrected chi connectivity index (χ4v) is 3.51. The maximum absolute atomic E-state index is 14.7. The van der Waals surface area contributed by atoms with Gasteiger partial charge in [0, 0.05) is 34.1 Å². The second kappa shape index (κ2) is 8.27. The molecule has 0 bridgehead atoms. The van der Waals surface area contributed by atoms with Gasteiger partial charge in [0.25, 0.3) is 0 Å². The number of nitrogen functional groups attached to an aromatic ring is 1. The summed E-state index contributed by atoms with van der Waals surface area (Å²) in [7, 11) is 0. The number of aromatic nitrogens is 2. The minimum Gasteiger partial charge on any atom is -0.487 e. The number of nitrogens with two attached hydrogens (primary N) is 1. The smallest absolute Gasteiger partial charge is 0.416 e. The molecule has 9 heteroatoms. The van der Waals surface area contributed by atoms with Gasteiger partial charge in [0.1, 0.15) is 18.0 Å². The van der Waals surface area contributed by atoms with Gasteiger partial charge >= 0.3 is 6.09 Å². The molecular weight excluding hydrogens is 435 g/mol. The number of pyridine rings is 2. The van der Waals surface area contributed by atoms with Crippen molar-refractivity contribution in [2.45, 2.75) is 26.4 Å². The van der Waals surface area contributed by atoms with E-state index in [9.17, 15) is 9.18 Å². The summed E-state index contributed by atoms with van der Waals surface area (Å²) >= 11 is 6.11. The number of amides is 1. The highest BCUT2D eigenvalue weighted by molar-refractivity contribution is 6.30. The zero-order valence-electron chi connectivity index (χ0n) is 17.9. The first-order chi connectivity index (χ1) is 15.1.